The lowest BCUT2D eigenvalue weighted by molar-refractivity contribution is 0.117. The number of aliphatic hydroxyl groups is 2. The highest BCUT2D eigenvalue weighted by atomic mass is 16.3. The molecule has 4 nitrogen and oxygen atoms in total. The topological polar surface area (TPSA) is 55.7 Å². The zero-order valence-electron chi connectivity index (χ0n) is 10.5. The number of nitrogens with zero attached hydrogens (tertiary/aromatic N) is 1. The van der Waals surface area contributed by atoms with Crippen LogP contribution in [0.5, 0.6) is 0 Å². The van der Waals surface area contributed by atoms with E-state index in [1.54, 1.807) is 0 Å². The van der Waals surface area contributed by atoms with Gasteiger partial charge >= 0.3 is 0 Å². The van der Waals surface area contributed by atoms with Crippen LogP contribution in [0.15, 0.2) is 0 Å². The summed E-state index contributed by atoms with van der Waals surface area (Å²) in [6.07, 6.45) is 1.31. The van der Waals surface area contributed by atoms with Crippen LogP contribution in [0.4, 0.5) is 0 Å². The van der Waals surface area contributed by atoms with Crippen molar-refractivity contribution in [3.8, 4) is 0 Å². The average molecular weight is 218 g/mol. The highest BCUT2D eigenvalue weighted by molar-refractivity contribution is 4.82. The molecule has 0 saturated carbocycles. The molecule has 0 heterocycles. The maximum Gasteiger partial charge on any atom is 0.0791 e. The summed E-state index contributed by atoms with van der Waals surface area (Å²) in [5, 5.41) is 21.9. The molecule has 92 valence electrons. The normalized spacial score (nSPS) is 17.8. The summed E-state index contributed by atoms with van der Waals surface area (Å²) >= 11 is 0. The van der Waals surface area contributed by atoms with Gasteiger partial charge in [-0.3, -0.25) is 0 Å². The third-order valence-corrected chi connectivity index (χ3v) is 2.78. The lowest BCUT2D eigenvalue weighted by Crippen LogP contribution is -2.47. The van der Waals surface area contributed by atoms with Crippen molar-refractivity contribution in [2.45, 2.75) is 38.3 Å². The molecule has 0 amide bonds. The third kappa shape index (κ3) is 6.84. The summed E-state index contributed by atoms with van der Waals surface area (Å²) in [4.78, 5) is 1.96. The molecule has 0 rings (SSSR count). The Labute approximate surface area is 93.3 Å². The van der Waals surface area contributed by atoms with Gasteiger partial charge in [0.05, 0.1) is 6.10 Å². The van der Waals surface area contributed by atoms with Gasteiger partial charge in [-0.25, -0.2) is 0 Å². The van der Waals surface area contributed by atoms with Gasteiger partial charge in [0, 0.05) is 25.2 Å². The lowest BCUT2D eigenvalue weighted by Gasteiger charge is -2.30. The van der Waals surface area contributed by atoms with Crippen LogP contribution in [0.3, 0.4) is 0 Å². The quantitative estimate of drug-likeness (QED) is 0.539. The fourth-order valence-electron chi connectivity index (χ4n) is 1.49. The first-order valence-electron chi connectivity index (χ1n) is 5.62. The molecule has 0 aromatic carbocycles. The monoisotopic (exact) mass is 218 g/mol. The number of aliphatic hydroxyl groups excluding tert-OH is 2. The molecule has 0 spiro atoms. The maximum atomic E-state index is 9.68. The van der Waals surface area contributed by atoms with Crippen molar-refractivity contribution in [2.24, 2.45) is 0 Å². The zero-order valence-corrected chi connectivity index (χ0v) is 10.5. The first-order chi connectivity index (χ1) is 6.93. The summed E-state index contributed by atoms with van der Waals surface area (Å²) in [5.74, 6) is 0. The Morgan fingerprint density at radius 1 is 1.40 bits per heavy atom. The second-order valence-corrected chi connectivity index (χ2v) is 4.68. The minimum absolute atomic E-state index is 0.0674. The van der Waals surface area contributed by atoms with Crippen molar-refractivity contribution in [3.63, 3.8) is 0 Å². The molecular weight excluding hydrogens is 192 g/mol. The van der Waals surface area contributed by atoms with Crippen LogP contribution < -0.4 is 5.32 Å². The molecule has 0 saturated heterocycles. The van der Waals surface area contributed by atoms with E-state index in [9.17, 15) is 5.11 Å². The Morgan fingerprint density at radius 2 is 2.00 bits per heavy atom. The van der Waals surface area contributed by atoms with Crippen LogP contribution in [0.25, 0.3) is 0 Å². The fraction of sp³-hybridized carbons (Fsp3) is 1.00. The van der Waals surface area contributed by atoms with Crippen molar-refractivity contribution < 1.29 is 10.2 Å². The van der Waals surface area contributed by atoms with Crippen LogP contribution in [0.1, 0.15) is 26.7 Å². The third-order valence-electron chi connectivity index (χ3n) is 2.78. The molecule has 4 heteroatoms. The minimum atomic E-state index is -0.357. The molecule has 0 aromatic heterocycles. The van der Waals surface area contributed by atoms with E-state index in [1.165, 1.54) is 0 Å². The summed E-state index contributed by atoms with van der Waals surface area (Å²) in [5.41, 5.74) is -0.0674. The highest BCUT2D eigenvalue weighted by Gasteiger charge is 2.21. The predicted molar refractivity (Wildman–Crippen MR) is 63.0 cm³/mol. The first kappa shape index (κ1) is 14.8. The van der Waals surface area contributed by atoms with Gasteiger partial charge in [-0.1, -0.05) is 6.92 Å². The van der Waals surface area contributed by atoms with Gasteiger partial charge in [-0.2, -0.15) is 0 Å². The highest BCUT2D eigenvalue weighted by Crippen LogP contribution is 2.13. The van der Waals surface area contributed by atoms with Crippen molar-refractivity contribution in [3.05, 3.63) is 0 Å². The summed E-state index contributed by atoms with van der Waals surface area (Å²) < 4.78 is 0. The van der Waals surface area contributed by atoms with Crippen LogP contribution in [-0.4, -0.2) is 60.5 Å². The van der Waals surface area contributed by atoms with Gasteiger partial charge in [0.1, 0.15) is 0 Å². The summed E-state index contributed by atoms with van der Waals surface area (Å²) in [6, 6.07) is 0. The first-order valence-corrected chi connectivity index (χ1v) is 5.62. The minimum Gasteiger partial charge on any atom is -0.396 e. The van der Waals surface area contributed by atoms with Crippen molar-refractivity contribution in [1.82, 2.24) is 10.2 Å². The molecule has 2 atom stereocenters. The number of β-amino-alcohol motifs (C(OH)–C–C–N with tert-alkyl or cyclic N) is 1. The van der Waals surface area contributed by atoms with Crippen molar-refractivity contribution in [2.75, 3.05) is 33.8 Å². The van der Waals surface area contributed by atoms with E-state index in [4.69, 9.17) is 5.11 Å². The Bertz CT molecular complexity index is 165. The fourth-order valence-corrected chi connectivity index (χ4v) is 1.49. The Hall–Kier alpha value is -0.160. The second kappa shape index (κ2) is 7.17. The molecule has 0 aliphatic rings. The van der Waals surface area contributed by atoms with Crippen LogP contribution in [0, 0.1) is 0 Å². The molecule has 15 heavy (non-hydrogen) atoms. The average Bonchev–Trinajstić information content (AvgIpc) is 2.14. The Morgan fingerprint density at radius 3 is 2.40 bits per heavy atom. The van der Waals surface area contributed by atoms with E-state index in [2.05, 4.69) is 19.2 Å². The van der Waals surface area contributed by atoms with E-state index < -0.39 is 0 Å². The zero-order chi connectivity index (χ0) is 11.9. The summed E-state index contributed by atoms with van der Waals surface area (Å²) in [6.45, 7) is 5.57. The van der Waals surface area contributed by atoms with Gasteiger partial charge < -0.3 is 20.4 Å². The largest absolute Gasteiger partial charge is 0.396 e. The lowest BCUT2D eigenvalue weighted by atomic mass is 9.95. The number of nitrogens with one attached hydrogen (secondary N) is 1. The molecule has 2 unspecified atom stereocenters. The van der Waals surface area contributed by atoms with Gasteiger partial charge in [0.25, 0.3) is 0 Å². The van der Waals surface area contributed by atoms with Gasteiger partial charge in [0.15, 0.2) is 0 Å². The van der Waals surface area contributed by atoms with Gasteiger partial charge in [0.2, 0.25) is 0 Å². The van der Waals surface area contributed by atoms with E-state index >= 15 is 0 Å². The summed E-state index contributed by atoms with van der Waals surface area (Å²) in [7, 11) is 3.88. The van der Waals surface area contributed by atoms with Crippen molar-refractivity contribution in [1.29, 1.82) is 0 Å². The molecule has 0 bridgehead atoms. The van der Waals surface area contributed by atoms with Crippen LogP contribution in [0.2, 0.25) is 0 Å². The van der Waals surface area contributed by atoms with Crippen molar-refractivity contribution >= 4 is 0 Å². The molecule has 0 aliphatic heterocycles. The maximum absolute atomic E-state index is 9.68. The number of hydrogen-bond donors (Lipinski definition) is 3. The SMILES string of the molecule is CCC(C)(CCO)NCC(O)CN(C)C. The molecular formula is C11H26N2O2. The predicted octanol–water partition coefficient (Wildman–Crippen LogP) is 0.0496. The van der Waals surface area contributed by atoms with Crippen LogP contribution >= 0.6 is 0 Å². The number of likely N-dealkylation sites (N-methyl/N-ethyl adjacent to an activating group) is 1. The molecule has 0 fully saturated rings. The smallest absolute Gasteiger partial charge is 0.0791 e. The van der Waals surface area contributed by atoms with E-state index in [0.29, 0.717) is 13.1 Å². The number of rotatable bonds is 8. The Balaban J connectivity index is 3.88. The van der Waals surface area contributed by atoms with Crippen LogP contribution in [-0.2, 0) is 0 Å². The standard InChI is InChI=1S/C11H26N2O2/c1-5-11(2,6-7-14)12-8-10(15)9-13(3)4/h10,12,14-15H,5-9H2,1-4H3. The molecule has 0 aromatic rings. The van der Waals surface area contributed by atoms with E-state index in [-0.39, 0.29) is 18.2 Å². The number of hydrogen-bond acceptors (Lipinski definition) is 4. The molecule has 3 N–H and O–H groups in total. The molecule has 0 radical (unpaired) electrons. The van der Waals surface area contributed by atoms with E-state index in [0.717, 1.165) is 12.8 Å². The van der Waals surface area contributed by atoms with Gasteiger partial charge in [-0.15, -0.1) is 0 Å². The molecule has 0 aliphatic carbocycles. The van der Waals surface area contributed by atoms with Gasteiger partial charge in [-0.05, 0) is 33.9 Å². The Kier molecular flexibility index (Phi) is 7.09. The van der Waals surface area contributed by atoms with E-state index in [1.807, 2.05) is 19.0 Å². The second-order valence-electron chi connectivity index (χ2n) is 4.68.